The van der Waals surface area contributed by atoms with Gasteiger partial charge in [0, 0.05) is 5.56 Å². The van der Waals surface area contributed by atoms with Gasteiger partial charge in [0.05, 0.1) is 0 Å². The molecule has 0 aliphatic carbocycles. The van der Waals surface area contributed by atoms with Crippen molar-refractivity contribution < 1.29 is 0 Å². The molecule has 0 saturated carbocycles. The number of nitrogens with zero attached hydrogens (tertiary/aromatic N) is 5. The summed E-state index contributed by atoms with van der Waals surface area (Å²) in [4.78, 5) is 14.6. The topological polar surface area (TPSA) is 66.8 Å². The lowest BCUT2D eigenvalue weighted by Crippen LogP contribution is -1.95. The van der Waals surface area contributed by atoms with E-state index in [1.165, 1.54) is 0 Å². The largest absolute Gasteiger partial charge is 0.394 e. The van der Waals surface area contributed by atoms with Crippen LogP contribution in [0.1, 0.15) is 5.82 Å². The van der Waals surface area contributed by atoms with Crippen LogP contribution in [0.4, 0.5) is 5.95 Å². The van der Waals surface area contributed by atoms with Crippen molar-refractivity contribution in [2.75, 3.05) is 0 Å². The quantitative estimate of drug-likeness (QED) is 0.670. The van der Waals surface area contributed by atoms with E-state index in [2.05, 4.69) is 19.8 Å². The maximum atomic E-state index is 8.72. The first-order valence-corrected chi connectivity index (χ1v) is 4.42. The average molecular weight is 207 g/mol. The van der Waals surface area contributed by atoms with Crippen LogP contribution in [-0.4, -0.2) is 15.0 Å². The summed E-state index contributed by atoms with van der Waals surface area (Å²) < 4.78 is 0. The van der Waals surface area contributed by atoms with E-state index in [1.54, 1.807) is 6.07 Å². The predicted molar refractivity (Wildman–Crippen MR) is 56.2 cm³/mol. The van der Waals surface area contributed by atoms with Gasteiger partial charge in [-0.3, -0.25) is 0 Å². The molecule has 1 aromatic carbocycles. The van der Waals surface area contributed by atoms with Crippen LogP contribution < -0.4 is 0 Å². The second-order valence-electron chi connectivity index (χ2n) is 2.87. The van der Waals surface area contributed by atoms with E-state index in [4.69, 9.17) is 11.8 Å². The first-order chi connectivity index (χ1) is 7.83. The van der Waals surface area contributed by atoms with Gasteiger partial charge in [-0.05, 0) is 12.1 Å². The molecule has 5 heteroatoms. The van der Waals surface area contributed by atoms with E-state index >= 15 is 0 Å². The van der Waals surface area contributed by atoms with Gasteiger partial charge in [0.1, 0.15) is 0 Å². The Labute approximate surface area is 91.9 Å². The van der Waals surface area contributed by atoms with E-state index in [-0.39, 0.29) is 11.8 Å². The van der Waals surface area contributed by atoms with Gasteiger partial charge in [-0.1, -0.05) is 18.2 Å². The summed E-state index contributed by atoms with van der Waals surface area (Å²) in [6, 6.07) is 11.0. The molecule has 2 aromatic rings. The van der Waals surface area contributed by atoms with Crippen LogP contribution in [0, 0.1) is 17.9 Å². The Morgan fingerprint density at radius 1 is 1.12 bits per heavy atom. The van der Waals surface area contributed by atoms with Crippen LogP contribution in [-0.2, 0) is 0 Å². The zero-order chi connectivity index (χ0) is 11.4. The second-order valence-corrected chi connectivity index (χ2v) is 2.87. The third-order valence-electron chi connectivity index (χ3n) is 1.86. The molecule has 0 radical (unpaired) electrons. The summed E-state index contributed by atoms with van der Waals surface area (Å²) in [7, 11) is 0. The maximum absolute atomic E-state index is 8.72. The van der Waals surface area contributed by atoms with Crippen molar-refractivity contribution in [2.45, 2.75) is 0 Å². The van der Waals surface area contributed by atoms with Gasteiger partial charge in [-0.15, -0.1) is 16.5 Å². The molecular weight excluding hydrogens is 202 g/mol. The molecule has 0 saturated heterocycles. The highest BCUT2D eigenvalue weighted by Gasteiger charge is 2.10. The van der Waals surface area contributed by atoms with Gasteiger partial charge in [0.25, 0.3) is 5.82 Å². The lowest BCUT2D eigenvalue weighted by molar-refractivity contribution is 1.05. The van der Waals surface area contributed by atoms with Crippen molar-refractivity contribution in [1.29, 1.82) is 5.26 Å². The third kappa shape index (κ3) is 1.84. The normalized spacial score (nSPS) is 9.12. The van der Waals surface area contributed by atoms with Crippen molar-refractivity contribution in [1.82, 2.24) is 15.0 Å². The van der Waals surface area contributed by atoms with Crippen molar-refractivity contribution in [3.63, 3.8) is 0 Å². The molecule has 0 atom stereocenters. The Morgan fingerprint density at radius 3 is 2.50 bits per heavy atom. The van der Waals surface area contributed by atoms with Crippen LogP contribution in [0.25, 0.3) is 16.2 Å². The number of hydrogen-bond acceptors (Lipinski definition) is 4. The SMILES string of the molecule is [C-]#[N+]c1nc(C#N)nc(-c2ccccc2)n1. The molecule has 0 unspecified atom stereocenters. The molecule has 0 aliphatic rings. The van der Waals surface area contributed by atoms with Crippen LogP contribution in [0.5, 0.6) is 0 Å². The number of hydrogen-bond donors (Lipinski definition) is 0. The van der Waals surface area contributed by atoms with Gasteiger partial charge >= 0.3 is 5.95 Å². The van der Waals surface area contributed by atoms with Crippen LogP contribution >= 0.6 is 0 Å². The number of aromatic nitrogens is 3. The fraction of sp³-hybridized carbons (Fsp3) is 0. The molecule has 0 N–H and O–H groups in total. The molecule has 5 nitrogen and oxygen atoms in total. The lowest BCUT2D eigenvalue weighted by Gasteiger charge is -1.96. The zero-order valence-corrected chi connectivity index (χ0v) is 8.12. The van der Waals surface area contributed by atoms with E-state index in [9.17, 15) is 0 Å². The van der Waals surface area contributed by atoms with Crippen molar-refractivity contribution in [3.05, 3.63) is 47.6 Å². The van der Waals surface area contributed by atoms with E-state index in [0.717, 1.165) is 5.56 Å². The van der Waals surface area contributed by atoms with Gasteiger partial charge in [-0.25, -0.2) is 0 Å². The predicted octanol–water partition coefficient (Wildman–Crippen LogP) is 1.96. The summed E-state index contributed by atoms with van der Waals surface area (Å²) in [5.41, 5.74) is 0.756. The molecule has 0 fully saturated rings. The number of nitriles is 1. The highest BCUT2D eigenvalue weighted by molar-refractivity contribution is 5.56. The van der Waals surface area contributed by atoms with E-state index in [0.29, 0.717) is 5.82 Å². The Hall–Kier alpha value is -2.79. The molecule has 16 heavy (non-hydrogen) atoms. The average Bonchev–Trinajstić information content (AvgIpc) is 2.39. The fourth-order valence-corrected chi connectivity index (χ4v) is 1.18. The Balaban J connectivity index is 2.59. The molecule has 2 rings (SSSR count). The van der Waals surface area contributed by atoms with Crippen molar-refractivity contribution >= 4 is 5.95 Å². The standard InChI is InChI=1S/C11H5N5/c1-13-11-15-9(7-12)14-10(16-11)8-5-3-2-4-6-8/h2-6H. The minimum atomic E-state index is -0.0644. The molecule has 0 spiro atoms. The monoisotopic (exact) mass is 207 g/mol. The van der Waals surface area contributed by atoms with Gasteiger partial charge in [-0.2, -0.15) is 10.2 Å². The van der Waals surface area contributed by atoms with Crippen LogP contribution in [0.3, 0.4) is 0 Å². The highest BCUT2D eigenvalue weighted by atomic mass is 15.1. The first kappa shape index (κ1) is 9.75. The van der Waals surface area contributed by atoms with E-state index < -0.39 is 0 Å². The molecule has 1 aromatic heterocycles. The summed E-state index contributed by atoms with van der Waals surface area (Å²) in [6.45, 7) is 6.84. The van der Waals surface area contributed by atoms with Gasteiger partial charge < -0.3 is 4.85 Å². The third-order valence-corrected chi connectivity index (χ3v) is 1.86. The lowest BCUT2D eigenvalue weighted by atomic mass is 10.2. The molecule has 74 valence electrons. The summed E-state index contributed by atoms with van der Waals surface area (Å²) in [5, 5.41) is 8.72. The fourth-order valence-electron chi connectivity index (χ4n) is 1.18. The van der Waals surface area contributed by atoms with Crippen LogP contribution in [0.15, 0.2) is 30.3 Å². The Kier molecular flexibility index (Phi) is 2.53. The molecule has 0 amide bonds. The van der Waals surface area contributed by atoms with E-state index in [1.807, 2.05) is 30.3 Å². The molecular formula is C11H5N5. The van der Waals surface area contributed by atoms with Gasteiger partial charge in [0.2, 0.25) is 5.82 Å². The van der Waals surface area contributed by atoms with Crippen molar-refractivity contribution in [2.24, 2.45) is 0 Å². The Bertz CT molecular complexity index is 560. The van der Waals surface area contributed by atoms with Crippen molar-refractivity contribution in [3.8, 4) is 17.5 Å². The minimum Gasteiger partial charge on any atom is -0.394 e. The number of benzene rings is 1. The summed E-state index contributed by atoms with van der Waals surface area (Å²) >= 11 is 0. The summed E-state index contributed by atoms with van der Waals surface area (Å²) in [5.74, 6) is 0.239. The minimum absolute atomic E-state index is 0.0418. The Morgan fingerprint density at radius 2 is 1.88 bits per heavy atom. The molecule has 0 aliphatic heterocycles. The second kappa shape index (κ2) is 4.16. The number of rotatable bonds is 1. The maximum Gasteiger partial charge on any atom is 0.376 e. The zero-order valence-electron chi connectivity index (χ0n) is 8.12. The van der Waals surface area contributed by atoms with Gasteiger partial charge in [0.15, 0.2) is 6.07 Å². The highest BCUT2D eigenvalue weighted by Crippen LogP contribution is 2.16. The molecule has 0 bridgehead atoms. The first-order valence-electron chi connectivity index (χ1n) is 4.42. The molecule has 1 heterocycles. The summed E-state index contributed by atoms with van der Waals surface area (Å²) in [6.07, 6.45) is 0. The van der Waals surface area contributed by atoms with Crippen LogP contribution in [0.2, 0.25) is 0 Å². The smallest absolute Gasteiger partial charge is 0.376 e.